The summed E-state index contributed by atoms with van der Waals surface area (Å²) in [5, 5.41) is 6.11. The van der Waals surface area contributed by atoms with Gasteiger partial charge in [0.05, 0.1) is 24.9 Å². The molecule has 1 amide bonds. The summed E-state index contributed by atoms with van der Waals surface area (Å²) >= 11 is 3.40. The summed E-state index contributed by atoms with van der Waals surface area (Å²) in [5.74, 6) is 0.785. The third-order valence-corrected chi connectivity index (χ3v) is 3.81. The van der Waals surface area contributed by atoms with Crippen LogP contribution in [0.3, 0.4) is 0 Å². The Morgan fingerprint density at radius 2 is 1.90 bits per heavy atom. The van der Waals surface area contributed by atoms with Crippen molar-refractivity contribution in [2.24, 2.45) is 0 Å². The average Bonchev–Trinajstić information content (AvgIpc) is 2.99. The van der Waals surface area contributed by atoms with Crippen molar-refractivity contribution in [3.05, 3.63) is 58.5 Å². The third-order valence-electron chi connectivity index (χ3n) is 3.29. The average molecular weight is 351 g/mol. The van der Waals surface area contributed by atoms with Crippen LogP contribution in [0.15, 0.2) is 51.6 Å². The SMILES string of the molecule is C[C@H](NC(=O)CN[C@@H](C)c1ccco1)c1ccc(Br)cc1. The quantitative estimate of drug-likeness (QED) is 0.837. The lowest BCUT2D eigenvalue weighted by Crippen LogP contribution is -2.36. The molecule has 0 aliphatic carbocycles. The molecule has 2 rings (SSSR count). The van der Waals surface area contributed by atoms with E-state index >= 15 is 0 Å². The lowest BCUT2D eigenvalue weighted by molar-refractivity contribution is -0.121. The normalized spacial score (nSPS) is 13.7. The molecule has 112 valence electrons. The molecule has 0 bridgehead atoms. The Balaban J connectivity index is 1.80. The standard InChI is InChI=1S/C16H19BrN2O2/c1-11(13-5-7-14(17)8-6-13)19-16(20)10-18-12(2)15-4-3-9-21-15/h3-9,11-12,18H,10H2,1-2H3,(H,19,20)/t11-,12-/m0/s1. The minimum atomic E-state index is -0.0381. The lowest BCUT2D eigenvalue weighted by Gasteiger charge is -2.16. The molecule has 0 spiro atoms. The fraction of sp³-hybridized carbons (Fsp3) is 0.312. The molecule has 0 radical (unpaired) electrons. The summed E-state index contributed by atoms with van der Waals surface area (Å²) in [4.78, 5) is 12.0. The van der Waals surface area contributed by atoms with Crippen LogP contribution in [0, 0.1) is 0 Å². The fourth-order valence-corrected chi connectivity index (χ4v) is 2.28. The van der Waals surface area contributed by atoms with E-state index in [-0.39, 0.29) is 24.5 Å². The minimum Gasteiger partial charge on any atom is -0.468 e. The Labute approximate surface area is 133 Å². The van der Waals surface area contributed by atoms with Gasteiger partial charge in [0.15, 0.2) is 0 Å². The van der Waals surface area contributed by atoms with Crippen LogP contribution in [0.4, 0.5) is 0 Å². The number of nitrogens with one attached hydrogen (secondary N) is 2. The smallest absolute Gasteiger partial charge is 0.234 e. The first-order chi connectivity index (χ1) is 10.1. The van der Waals surface area contributed by atoms with E-state index in [4.69, 9.17) is 4.42 Å². The van der Waals surface area contributed by atoms with Gasteiger partial charge in [0.1, 0.15) is 5.76 Å². The maximum absolute atomic E-state index is 12.0. The Morgan fingerprint density at radius 1 is 1.19 bits per heavy atom. The number of rotatable bonds is 6. The molecule has 4 nitrogen and oxygen atoms in total. The number of hydrogen-bond donors (Lipinski definition) is 2. The first-order valence-electron chi connectivity index (χ1n) is 6.88. The van der Waals surface area contributed by atoms with Crippen LogP contribution < -0.4 is 10.6 Å². The second kappa shape index (κ2) is 7.43. The zero-order valence-electron chi connectivity index (χ0n) is 12.1. The number of carbonyl (C=O) groups excluding carboxylic acids is 1. The molecule has 21 heavy (non-hydrogen) atoms. The van der Waals surface area contributed by atoms with Crippen LogP contribution in [0.5, 0.6) is 0 Å². The van der Waals surface area contributed by atoms with Gasteiger partial charge in [-0.05, 0) is 43.7 Å². The first-order valence-corrected chi connectivity index (χ1v) is 7.67. The Bertz CT molecular complexity index is 566. The van der Waals surface area contributed by atoms with E-state index in [9.17, 15) is 4.79 Å². The Kier molecular flexibility index (Phi) is 5.59. The van der Waals surface area contributed by atoms with E-state index in [1.54, 1.807) is 6.26 Å². The Morgan fingerprint density at radius 3 is 2.52 bits per heavy atom. The second-order valence-electron chi connectivity index (χ2n) is 4.96. The van der Waals surface area contributed by atoms with Crippen LogP contribution in [-0.2, 0) is 4.79 Å². The molecule has 1 aromatic carbocycles. The van der Waals surface area contributed by atoms with Crippen molar-refractivity contribution in [3.63, 3.8) is 0 Å². The lowest BCUT2D eigenvalue weighted by atomic mass is 10.1. The topological polar surface area (TPSA) is 54.3 Å². The van der Waals surface area contributed by atoms with Crippen molar-refractivity contribution in [1.29, 1.82) is 0 Å². The van der Waals surface area contributed by atoms with Gasteiger partial charge in [-0.1, -0.05) is 28.1 Å². The molecule has 1 aromatic heterocycles. The van der Waals surface area contributed by atoms with E-state index in [1.165, 1.54) is 0 Å². The van der Waals surface area contributed by atoms with Crippen molar-refractivity contribution in [1.82, 2.24) is 10.6 Å². The van der Waals surface area contributed by atoms with Crippen molar-refractivity contribution >= 4 is 21.8 Å². The molecule has 0 aliphatic rings. The molecule has 1 heterocycles. The summed E-state index contributed by atoms with van der Waals surface area (Å²) in [6.45, 7) is 4.18. The molecule has 2 aromatic rings. The van der Waals surface area contributed by atoms with Crippen molar-refractivity contribution in [3.8, 4) is 0 Å². The summed E-state index contributed by atoms with van der Waals surface area (Å²) in [6.07, 6.45) is 1.63. The number of benzene rings is 1. The van der Waals surface area contributed by atoms with E-state index in [2.05, 4.69) is 26.6 Å². The molecule has 2 N–H and O–H groups in total. The maximum atomic E-state index is 12.0. The zero-order chi connectivity index (χ0) is 15.2. The van der Waals surface area contributed by atoms with Gasteiger partial charge in [-0.15, -0.1) is 0 Å². The summed E-state index contributed by atoms with van der Waals surface area (Å²) in [7, 11) is 0. The van der Waals surface area contributed by atoms with Crippen LogP contribution in [-0.4, -0.2) is 12.5 Å². The summed E-state index contributed by atoms with van der Waals surface area (Å²) < 4.78 is 6.32. The monoisotopic (exact) mass is 350 g/mol. The van der Waals surface area contributed by atoms with E-state index in [1.807, 2.05) is 50.2 Å². The van der Waals surface area contributed by atoms with Gasteiger partial charge >= 0.3 is 0 Å². The van der Waals surface area contributed by atoms with Gasteiger partial charge in [-0.25, -0.2) is 0 Å². The van der Waals surface area contributed by atoms with Gasteiger partial charge in [0.25, 0.3) is 0 Å². The molecular weight excluding hydrogens is 332 g/mol. The predicted octanol–water partition coefficient (Wildman–Crippen LogP) is 3.57. The highest BCUT2D eigenvalue weighted by atomic mass is 79.9. The molecule has 0 unspecified atom stereocenters. The van der Waals surface area contributed by atoms with Crippen LogP contribution in [0.1, 0.15) is 37.3 Å². The van der Waals surface area contributed by atoms with Crippen molar-refractivity contribution < 1.29 is 9.21 Å². The number of amides is 1. The van der Waals surface area contributed by atoms with Gasteiger partial charge in [-0.3, -0.25) is 10.1 Å². The van der Waals surface area contributed by atoms with E-state index in [0.29, 0.717) is 0 Å². The highest BCUT2D eigenvalue weighted by Gasteiger charge is 2.12. The molecular formula is C16H19BrN2O2. The first kappa shape index (κ1) is 15.8. The third kappa shape index (κ3) is 4.72. The number of carbonyl (C=O) groups is 1. The number of halogens is 1. The molecule has 2 atom stereocenters. The van der Waals surface area contributed by atoms with Gasteiger partial charge < -0.3 is 9.73 Å². The van der Waals surface area contributed by atoms with Crippen molar-refractivity contribution in [2.75, 3.05) is 6.54 Å². The molecule has 5 heteroatoms. The summed E-state index contributed by atoms with van der Waals surface area (Å²) in [5.41, 5.74) is 1.07. The van der Waals surface area contributed by atoms with Gasteiger partial charge in [-0.2, -0.15) is 0 Å². The number of hydrogen-bond acceptors (Lipinski definition) is 3. The Hall–Kier alpha value is -1.59. The van der Waals surface area contributed by atoms with Crippen LogP contribution in [0.25, 0.3) is 0 Å². The highest BCUT2D eigenvalue weighted by molar-refractivity contribution is 9.10. The number of furan rings is 1. The molecule has 0 saturated carbocycles. The van der Waals surface area contributed by atoms with Crippen LogP contribution in [0.2, 0.25) is 0 Å². The second-order valence-corrected chi connectivity index (χ2v) is 5.87. The summed E-state index contributed by atoms with van der Waals surface area (Å²) in [6, 6.07) is 11.6. The molecule has 0 saturated heterocycles. The highest BCUT2D eigenvalue weighted by Crippen LogP contribution is 2.16. The fourth-order valence-electron chi connectivity index (χ4n) is 2.01. The molecule has 0 fully saturated rings. The minimum absolute atomic E-state index is 0.00809. The van der Waals surface area contributed by atoms with Gasteiger partial charge in [0.2, 0.25) is 5.91 Å². The van der Waals surface area contributed by atoms with E-state index in [0.717, 1.165) is 15.8 Å². The van der Waals surface area contributed by atoms with Crippen molar-refractivity contribution in [2.45, 2.75) is 25.9 Å². The largest absolute Gasteiger partial charge is 0.468 e. The zero-order valence-corrected chi connectivity index (χ0v) is 13.7. The van der Waals surface area contributed by atoms with E-state index < -0.39 is 0 Å². The maximum Gasteiger partial charge on any atom is 0.234 e. The molecule has 0 aliphatic heterocycles. The van der Waals surface area contributed by atoms with Gasteiger partial charge in [0, 0.05) is 4.47 Å². The van der Waals surface area contributed by atoms with Crippen LogP contribution >= 0.6 is 15.9 Å². The predicted molar refractivity (Wildman–Crippen MR) is 85.8 cm³/mol.